The van der Waals surface area contributed by atoms with Crippen molar-refractivity contribution in [3.63, 3.8) is 0 Å². The third-order valence-electron chi connectivity index (χ3n) is 2.11. The van der Waals surface area contributed by atoms with Crippen molar-refractivity contribution in [1.82, 2.24) is 9.29 Å². The fourth-order valence-corrected chi connectivity index (χ4v) is 3.01. The lowest BCUT2D eigenvalue weighted by molar-refractivity contribution is -0.136. The molecule has 0 amide bonds. The molecule has 1 N–H and O–H groups in total. The summed E-state index contributed by atoms with van der Waals surface area (Å²) in [6.07, 6.45) is -3.95. The number of nitrogens with zero attached hydrogens (tertiary/aromatic N) is 2. The van der Waals surface area contributed by atoms with E-state index in [1.807, 2.05) is 0 Å². The van der Waals surface area contributed by atoms with Crippen LogP contribution in [0.4, 0.5) is 13.2 Å². The average Bonchev–Trinajstić information content (AvgIpc) is 2.30. The number of sulfonamides is 1. The van der Waals surface area contributed by atoms with Crippen molar-refractivity contribution in [2.45, 2.75) is 11.1 Å². The van der Waals surface area contributed by atoms with Gasteiger partial charge >= 0.3 is 6.18 Å². The zero-order valence-corrected chi connectivity index (χ0v) is 12.1. The first-order valence-electron chi connectivity index (χ1n) is 5.07. The Morgan fingerprint density at radius 2 is 1.95 bits per heavy atom. The summed E-state index contributed by atoms with van der Waals surface area (Å²) in [6, 6.07) is 0.896. The predicted molar refractivity (Wildman–Crippen MR) is 66.2 cm³/mol. The molecule has 0 radical (unpaired) electrons. The molecule has 0 saturated carbocycles. The first kappa shape index (κ1) is 17.4. The zero-order valence-electron chi connectivity index (χ0n) is 9.73. The first-order chi connectivity index (χ1) is 9.08. The van der Waals surface area contributed by atoms with Crippen molar-refractivity contribution >= 4 is 33.2 Å². The van der Waals surface area contributed by atoms with E-state index in [4.69, 9.17) is 28.3 Å². The number of hydrogen-bond acceptors (Lipinski definition) is 4. The fraction of sp³-hybridized carbons (Fsp3) is 0.444. The highest BCUT2D eigenvalue weighted by molar-refractivity contribution is 7.89. The highest BCUT2D eigenvalue weighted by Gasteiger charge is 2.37. The van der Waals surface area contributed by atoms with Crippen LogP contribution in [-0.2, 0) is 10.0 Å². The minimum Gasteiger partial charge on any atom is -0.395 e. The molecule has 1 aromatic heterocycles. The summed E-state index contributed by atoms with van der Waals surface area (Å²) in [4.78, 5) is 2.93. The minimum absolute atomic E-state index is 0.0915. The predicted octanol–water partition coefficient (Wildman–Crippen LogP) is 1.93. The highest BCUT2D eigenvalue weighted by atomic mass is 35.5. The van der Waals surface area contributed by atoms with E-state index in [1.165, 1.54) is 0 Å². The largest absolute Gasteiger partial charge is 0.402 e. The summed E-state index contributed by atoms with van der Waals surface area (Å²) in [5, 5.41) is 8.33. The number of aliphatic hydroxyl groups is 1. The minimum atomic E-state index is -4.74. The molecular formula is C9H9Cl2F3N2O3S. The molecule has 0 aliphatic heterocycles. The van der Waals surface area contributed by atoms with Gasteiger partial charge in [-0.25, -0.2) is 13.4 Å². The van der Waals surface area contributed by atoms with Crippen molar-refractivity contribution in [3.8, 4) is 0 Å². The van der Waals surface area contributed by atoms with Crippen molar-refractivity contribution < 1.29 is 26.7 Å². The molecule has 0 fully saturated rings. The Morgan fingerprint density at radius 3 is 2.40 bits per heavy atom. The molecule has 5 nitrogen and oxygen atoms in total. The molecule has 0 aliphatic carbocycles. The molecule has 1 aromatic rings. The summed E-state index contributed by atoms with van der Waals surface area (Å²) in [6.45, 7) is -3.19. The number of halogens is 5. The monoisotopic (exact) mass is 352 g/mol. The lowest BCUT2D eigenvalue weighted by atomic mass is 10.5. The smallest absolute Gasteiger partial charge is 0.395 e. The highest BCUT2D eigenvalue weighted by Crippen LogP contribution is 2.26. The third kappa shape index (κ3) is 4.45. The van der Waals surface area contributed by atoms with Gasteiger partial charge in [0.1, 0.15) is 16.6 Å². The normalized spacial score (nSPS) is 12.9. The summed E-state index contributed by atoms with van der Waals surface area (Å²) in [5.41, 5.74) is 0. The molecular weight excluding hydrogens is 344 g/mol. The van der Waals surface area contributed by atoms with Crippen molar-refractivity contribution in [2.24, 2.45) is 0 Å². The maximum absolute atomic E-state index is 12.4. The van der Waals surface area contributed by atoms with Crippen LogP contribution in [0.1, 0.15) is 0 Å². The Morgan fingerprint density at radius 1 is 1.35 bits per heavy atom. The SMILES string of the molecule is O=S(=O)(c1cnc(Cl)c(Cl)c1)N(CCO)CC(F)(F)F. The van der Waals surface area contributed by atoms with E-state index in [2.05, 4.69) is 4.98 Å². The Labute approximate surface area is 123 Å². The maximum Gasteiger partial charge on any atom is 0.402 e. The molecule has 11 heteroatoms. The summed E-state index contributed by atoms with van der Waals surface area (Å²) in [5.74, 6) is 0. The number of alkyl halides is 3. The molecule has 0 aliphatic rings. The lowest BCUT2D eigenvalue weighted by Crippen LogP contribution is -2.40. The standard InChI is InChI=1S/C9H9Cl2F3N2O3S/c10-7-3-6(4-15-8(7)11)20(18,19)16(1-2-17)5-9(12,13)14/h3-4,17H,1-2,5H2. The van der Waals surface area contributed by atoms with Crippen LogP contribution in [0.2, 0.25) is 10.2 Å². The fourth-order valence-electron chi connectivity index (χ4n) is 1.29. The van der Waals surface area contributed by atoms with E-state index in [9.17, 15) is 21.6 Å². The van der Waals surface area contributed by atoms with Gasteiger partial charge in [-0.3, -0.25) is 0 Å². The Balaban J connectivity index is 3.18. The molecule has 20 heavy (non-hydrogen) atoms. The zero-order chi connectivity index (χ0) is 15.6. The van der Waals surface area contributed by atoms with Crippen LogP contribution in [-0.4, -0.2) is 48.7 Å². The number of aromatic nitrogens is 1. The molecule has 0 atom stereocenters. The molecule has 0 aromatic carbocycles. The Hall–Kier alpha value is -0.610. The van der Waals surface area contributed by atoms with Crippen LogP contribution in [0.25, 0.3) is 0 Å². The van der Waals surface area contributed by atoms with Gasteiger partial charge in [0.25, 0.3) is 0 Å². The van der Waals surface area contributed by atoms with Gasteiger partial charge in [0, 0.05) is 12.7 Å². The van der Waals surface area contributed by atoms with Gasteiger partial charge in [-0.2, -0.15) is 17.5 Å². The Bertz CT molecular complexity index is 580. The van der Waals surface area contributed by atoms with Crippen LogP contribution in [0.5, 0.6) is 0 Å². The molecule has 1 rings (SSSR count). The molecule has 0 saturated heterocycles. The van der Waals surface area contributed by atoms with Gasteiger partial charge in [0.05, 0.1) is 11.6 Å². The van der Waals surface area contributed by atoms with E-state index < -0.39 is 40.8 Å². The van der Waals surface area contributed by atoms with E-state index >= 15 is 0 Å². The summed E-state index contributed by atoms with van der Waals surface area (Å²) in [7, 11) is -4.49. The van der Waals surface area contributed by atoms with Crippen molar-refractivity contribution in [2.75, 3.05) is 19.7 Å². The van der Waals surface area contributed by atoms with Gasteiger partial charge in [0.2, 0.25) is 10.0 Å². The number of pyridine rings is 1. The van der Waals surface area contributed by atoms with Crippen LogP contribution >= 0.6 is 23.2 Å². The van der Waals surface area contributed by atoms with Gasteiger partial charge in [0.15, 0.2) is 0 Å². The topological polar surface area (TPSA) is 70.5 Å². The summed E-state index contributed by atoms with van der Waals surface area (Å²) >= 11 is 11.1. The maximum atomic E-state index is 12.4. The van der Waals surface area contributed by atoms with Gasteiger partial charge < -0.3 is 5.11 Å². The van der Waals surface area contributed by atoms with Crippen LogP contribution in [0, 0.1) is 0 Å². The molecule has 0 spiro atoms. The second-order valence-corrected chi connectivity index (χ2v) is 6.32. The van der Waals surface area contributed by atoms with Crippen LogP contribution in [0.15, 0.2) is 17.2 Å². The quantitative estimate of drug-likeness (QED) is 0.822. The third-order valence-corrected chi connectivity index (χ3v) is 4.61. The van der Waals surface area contributed by atoms with E-state index in [-0.39, 0.29) is 14.5 Å². The van der Waals surface area contributed by atoms with Gasteiger partial charge in [-0.05, 0) is 6.07 Å². The van der Waals surface area contributed by atoms with E-state index in [0.717, 1.165) is 12.3 Å². The molecule has 114 valence electrons. The molecule has 0 unspecified atom stereocenters. The van der Waals surface area contributed by atoms with Crippen molar-refractivity contribution in [1.29, 1.82) is 0 Å². The second-order valence-electron chi connectivity index (χ2n) is 3.62. The van der Waals surface area contributed by atoms with Gasteiger partial charge in [-0.15, -0.1) is 0 Å². The Kier molecular flexibility index (Phi) is 5.61. The molecule has 1 heterocycles. The van der Waals surface area contributed by atoms with Crippen LogP contribution in [0.3, 0.4) is 0 Å². The lowest BCUT2D eigenvalue weighted by Gasteiger charge is -2.22. The van der Waals surface area contributed by atoms with E-state index in [1.54, 1.807) is 0 Å². The number of aliphatic hydroxyl groups excluding tert-OH is 1. The molecule has 0 bridgehead atoms. The van der Waals surface area contributed by atoms with Crippen molar-refractivity contribution in [3.05, 3.63) is 22.4 Å². The number of hydrogen-bond donors (Lipinski definition) is 1. The average molecular weight is 353 g/mol. The second kappa shape index (κ2) is 6.44. The number of rotatable bonds is 5. The van der Waals surface area contributed by atoms with Crippen LogP contribution < -0.4 is 0 Å². The van der Waals surface area contributed by atoms with Gasteiger partial charge in [-0.1, -0.05) is 23.2 Å². The van der Waals surface area contributed by atoms with E-state index in [0.29, 0.717) is 0 Å². The summed E-state index contributed by atoms with van der Waals surface area (Å²) < 4.78 is 61.3. The first-order valence-corrected chi connectivity index (χ1v) is 7.26.